The summed E-state index contributed by atoms with van der Waals surface area (Å²) in [4.78, 5) is 54.2. The maximum Gasteiger partial charge on any atom is 0.324 e. The number of aliphatic hydroxyl groups is 9. The largest absolute Gasteiger partial charge is 0.394 e. The molecule has 40 heteroatoms. The SMILES string of the molecule is COP(O)(=S)OCCCCOCC(COCCCOP(O)(=S)CCCCCO[C@@H]1OC(CO)[C@H](O)[C@H](O)C1NC(C)=O)(COCCCOP(O)(=S)OCCCCO[C@@H]1OC(CO)[C@H](O)[C@H](O)C1C)COCCCOP(O)(=S)OCCCCO[C@@H]1OC(CO)[C@H](O)[C@H](O)C1C. The molecule has 0 spiro atoms. The summed E-state index contributed by atoms with van der Waals surface area (Å²) in [5.74, 6) is -1.56. The highest BCUT2D eigenvalue weighted by Gasteiger charge is 2.46. The summed E-state index contributed by atoms with van der Waals surface area (Å²) in [6.45, 7) is -9.07. The highest BCUT2D eigenvalue weighted by atomic mass is 32.5. The van der Waals surface area contributed by atoms with E-state index in [0.717, 1.165) is 0 Å². The molecule has 0 aromatic heterocycles. The van der Waals surface area contributed by atoms with Crippen molar-refractivity contribution >= 4 is 79.8 Å². The summed E-state index contributed by atoms with van der Waals surface area (Å²) in [6.07, 6.45) is -8.03. The van der Waals surface area contributed by atoms with E-state index in [0.29, 0.717) is 64.2 Å². The lowest BCUT2D eigenvalue weighted by Gasteiger charge is -2.42. The van der Waals surface area contributed by atoms with Gasteiger partial charge < -0.3 is 150 Å². The van der Waals surface area contributed by atoms with Gasteiger partial charge in [-0.1, -0.05) is 20.3 Å². The number of nitrogens with one attached hydrogen (secondary N) is 1. The maximum absolute atomic E-state index is 11.8. The zero-order chi connectivity index (χ0) is 69.8. The monoisotopic (exact) mass is 1520 g/mol. The summed E-state index contributed by atoms with van der Waals surface area (Å²) < 4.78 is 96.9. The number of ether oxygens (including phenoxy) is 10. The minimum absolute atomic E-state index is 0.0124. The van der Waals surface area contributed by atoms with Crippen LogP contribution in [0.1, 0.15) is 97.8 Å². The first-order chi connectivity index (χ1) is 44.6. The van der Waals surface area contributed by atoms with Gasteiger partial charge in [-0.15, -0.1) is 0 Å². The molecule has 3 fully saturated rings. The van der Waals surface area contributed by atoms with Gasteiger partial charge in [0, 0.05) is 78.3 Å². The third-order valence-electron chi connectivity index (χ3n) is 15.0. The molecule has 32 nitrogen and oxygen atoms in total. The summed E-state index contributed by atoms with van der Waals surface area (Å²) in [6, 6.07) is -1.07. The summed E-state index contributed by atoms with van der Waals surface area (Å²) in [5.41, 5.74) is -0.949. The number of amides is 1. The quantitative estimate of drug-likeness (QED) is 0.0292. The standard InChI is InChI=1S/C54H107NO31P4S4/c1-38-45(60)47(62)41(31-56)84-51(38)75-22-8-11-25-80-89(68,93)82-28-15-19-73-36-54(34-71-17-7-10-24-79-88(67,92)70-4,37-74-20-16-29-83-90(69,94)81-26-12-9-23-76-52-39(2)46(61)48(63)42(32-57)85-52)35-72-18-14-27-78-87(66,91)30-13-5-6-21-77-53-44(55-40(3)59)50(65)49(64)43(33-58)86-53/h38-39,41-53,56-58,60-65H,5-37H2,1-4H3,(H,55,59)(H,66,91)(H,67,92)(H,68,93)(H,69,94)/t38?,39?,41?,42?,43?,44?,45-,46-,47+,48+,49+,50-,51-,52-,53-,54?,87?,88?,89?,90?/m1/s1. The van der Waals surface area contributed by atoms with Crippen LogP contribution in [0.4, 0.5) is 0 Å². The second-order valence-corrected chi connectivity index (χ2v) is 35.4. The van der Waals surface area contributed by atoms with Gasteiger partial charge in [0.25, 0.3) is 0 Å². The number of hydrogen-bond acceptors (Lipinski definition) is 31. The molecule has 14 N–H and O–H groups in total. The van der Waals surface area contributed by atoms with E-state index >= 15 is 0 Å². The lowest BCUT2D eigenvalue weighted by molar-refractivity contribution is -0.282. The topological polar surface area (TPSA) is 449 Å². The highest BCUT2D eigenvalue weighted by molar-refractivity contribution is 8.09. The Kier molecular flexibility index (Phi) is 45.5. The predicted molar refractivity (Wildman–Crippen MR) is 352 cm³/mol. The maximum atomic E-state index is 11.8. The normalized spacial score (nSPS) is 30.0. The van der Waals surface area contributed by atoms with E-state index in [-0.39, 0.29) is 131 Å². The number of hydrogen-bond donors (Lipinski definition) is 14. The average molecular weight is 1520 g/mol. The minimum atomic E-state index is -3.64. The van der Waals surface area contributed by atoms with Crippen molar-refractivity contribution in [2.24, 2.45) is 17.3 Å². The molecule has 0 aromatic rings. The molecule has 3 heterocycles. The van der Waals surface area contributed by atoms with E-state index in [1.54, 1.807) is 13.8 Å². The lowest BCUT2D eigenvalue weighted by Crippen LogP contribution is -2.64. The molecule has 558 valence electrons. The Bertz CT molecular complexity index is 2160. The van der Waals surface area contributed by atoms with Gasteiger partial charge in [0.15, 0.2) is 25.4 Å². The van der Waals surface area contributed by atoms with Crippen LogP contribution < -0.4 is 5.32 Å². The third kappa shape index (κ3) is 35.4. The van der Waals surface area contributed by atoms with Gasteiger partial charge in [0.05, 0.1) is 104 Å². The first kappa shape index (κ1) is 89.1. The average Bonchev–Trinajstić information content (AvgIpc) is 0.843. The van der Waals surface area contributed by atoms with Gasteiger partial charge in [-0.2, -0.15) is 0 Å². The molecule has 3 saturated heterocycles. The Labute approximate surface area is 571 Å². The Balaban J connectivity index is 1.55. The van der Waals surface area contributed by atoms with Crippen molar-refractivity contribution in [2.45, 2.75) is 178 Å². The molecule has 94 heavy (non-hydrogen) atoms. The number of carbonyl (C=O) groups is 1. The van der Waals surface area contributed by atoms with Crippen LogP contribution >= 0.6 is 26.6 Å². The van der Waals surface area contributed by atoms with E-state index in [4.69, 9.17) is 126 Å². The Morgan fingerprint density at radius 3 is 1.14 bits per heavy atom. The van der Waals surface area contributed by atoms with Crippen molar-refractivity contribution in [2.75, 3.05) is 145 Å². The molecule has 3 aliphatic rings. The van der Waals surface area contributed by atoms with Crippen molar-refractivity contribution in [1.82, 2.24) is 5.32 Å². The van der Waals surface area contributed by atoms with Crippen LogP contribution in [0.15, 0.2) is 0 Å². The van der Waals surface area contributed by atoms with Gasteiger partial charge >= 0.3 is 20.2 Å². The molecule has 1 amide bonds. The Hall–Kier alpha value is 0.870. The Morgan fingerprint density at radius 2 is 0.745 bits per heavy atom. The summed E-state index contributed by atoms with van der Waals surface area (Å²) >= 11 is 20.8. The molecule has 19 atom stereocenters. The van der Waals surface area contributed by atoms with Gasteiger partial charge in [-0.05, 0) is 118 Å². The minimum Gasteiger partial charge on any atom is -0.394 e. The summed E-state index contributed by atoms with van der Waals surface area (Å²) in [5, 5.41) is 92.7. The van der Waals surface area contributed by atoms with Crippen LogP contribution in [-0.2, 0) is 131 Å². The predicted octanol–water partition coefficient (Wildman–Crippen LogP) is 0.562. The van der Waals surface area contributed by atoms with Crippen LogP contribution in [0.3, 0.4) is 0 Å². The molecule has 0 bridgehead atoms. The van der Waals surface area contributed by atoms with Gasteiger partial charge in [-0.25, -0.2) is 0 Å². The first-order valence-electron chi connectivity index (χ1n) is 31.6. The molecule has 10 unspecified atom stereocenters. The molecule has 0 saturated carbocycles. The van der Waals surface area contributed by atoms with Gasteiger partial charge in [-0.3, -0.25) is 4.79 Å². The van der Waals surface area contributed by atoms with Crippen molar-refractivity contribution in [3.05, 3.63) is 0 Å². The molecular weight excluding hydrogens is 1410 g/mol. The fraction of sp³-hybridized carbons (Fsp3) is 0.981. The second kappa shape index (κ2) is 48.0. The van der Waals surface area contributed by atoms with E-state index in [1.807, 2.05) is 0 Å². The van der Waals surface area contributed by atoms with E-state index in [9.17, 15) is 70.3 Å². The molecule has 0 aliphatic carbocycles. The van der Waals surface area contributed by atoms with Crippen LogP contribution in [-0.4, -0.2) is 297 Å². The zero-order valence-corrected chi connectivity index (χ0v) is 60.9. The van der Waals surface area contributed by atoms with Gasteiger partial charge in [0.2, 0.25) is 5.91 Å². The van der Waals surface area contributed by atoms with Crippen molar-refractivity contribution in [1.29, 1.82) is 0 Å². The molecule has 0 aromatic carbocycles. The first-order valence-corrected chi connectivity index (χ1v) is 42.2. The number of rotatable bonds is 55. The van der Waals surface area contributed by atoms with Crippen molar-refractivity contribution < 1.29 is 149 Å². The van der Waals surface area contributed by atoms with Crippen LogP contribution in [0.5, 0.6) is 0 Å². The Morgan fingerprint density at radius 1 is 0.426 bits per heavy atom. The van der Waals surface area contributed by atoms with Crippen LogP contribution in [0, 0.1) is 17.3 Å². The lowest BCUT2D eigenvalue weighted by atomic mass is 9.92. The van der Waals surface area contributed by atoms with Crippen molar-refractivity contribution in [3.63, 3.8) is 0 Å². The number of carbonyl (C=O) groups excluding carboxylic acids is 1. The number of aliphatic hydroxyl groups excluding tert-OH is 9. The van der Waals surface area contributed by atoms with E-state index in [1.165, 1.54) is 14.0 Å². The second-order valence-electron chi connectivity index (χ2n) is 23.1. The van der Waals surface area contributed by atoms with Crippen LogP contribution in [0.25, 0.3) is 0 Å². The molecule has 0 radical (unpaired) electrons. The highest BCUT2D eigenvalue weighted by Crippen LogP contribution is 2.46. The van der Waals surface area contributed by atoms with Crippen LogP contribution in [0.2, 0.25) is 0 Å². The van der Waals surface area contributed by atoms with E-state index < -0.39 is 149 Å². The van der Waals surface area contributed by atoms with Crippen molar-refractivity contribution in [3.8, 4) is 0 Å². The fourth-order valence-electron chi connectivity index (χ4n) is 9.52. The third-order valence-corrected chi connectivity index (χ3v) is 22.4. The molecule has 3 rings (SSSR count). The summed E-state index contributed by atoms with van der Waals surface area (Å²) in [7, 11) is 1.26. The molecular formula is C54H107NO31P4S4. The van der Waals surface area contributed by atoms with Gasteiger partial charge in [0.1, 0.15) is 48.8 Å². The zero-order valence-electron chi connectivity index (χ0n) is 54.1. The number of unbranched alkanes of at least 4 members (excludes halogenated alkanes) is 5. The fourth-order valence-corrected chi connectivity index (χ4v) is 14.5. The van der Waals surface area contributed by atoms with E-state index in [2.05, 4.69) is 5.32 Å². The molecule has 3 aliphatic heterocycles. The smallest absolute Gasteiger partial charge is 0.324 e.